The van der Waals surface area contributed by atoms with Crippen LogP contribution in [0.3, 0.4) is 0 Å². The number of hydrogen-bond acceptors (Lipinski definition) is 3. The van der Waals surface area contributed by atoms with Gasteiger partial charge in [0.05, 0.1) is 19.1 Å². The van der Waals surface area contributed by atoms with Gasteiger partial charge in [0.25, 0.3) is 0 Å². The first-order valence-electron chi connectivity index (χ1n) is 5.22. The van der Waals surface area contributed by atoms with Gasteiger partial charge in [-0.3, -0.25) is 0 Å². The fraction of sp³-hybridized carbons (Fsp3) is 0.250. The van der Waals surface area contributed by atoms with Crippen molar-refractivity contribution in [3.63, 3.8) is 0 Å². The van der Waals surface area contributed by atoms with Gasteiger partial charge in [-0.05, 0) is 30.2 Å². The first kappa shape index (κ1) is 10.5. The number of aromatic amines is 1. The van der Waals surface area contributed by atoms with Gasteiger partial charge in [0.1, 0.15) is 11.6 Å². The Hall–Kier alpha value is -1.97. The van der Waals surface area contributed by atoms with E-state index in [4.69, 9.17) is 10.5 Å². The van der Waals surface area contributed by atoms with E-state index in [0.29, 0.717) is 5.82 Å². The summed E-state index contributed by atoms with van der Waals surface area (Å²) in [4.78, 5) is 7.02. The number of benzene rings is 1. The number of imidazole rings is 1. The Labute approximate surface area is 94.5 Å². The standard InChI is InChI=1S/C12H15N3O/c1-3-8-6-9(4-5-10(8)16-2)11-12(13)15-7-14-11/h4-7H,3,13H2,1-2H3,(H,14,15). The molecule has 1 heterocycles. The van der Waals surface area contributed by atoms with E-state index in [2.05, 4.69) is 23.0 Å². The number of aromatic nitrogens is 2. The van der Waals surface area contributed by atoms with Crippen molar-refractivity contribution in [3.05, 3.63) is 30.1 Å². The summed E-state index contributed by atoms with van der Waals surface area (Å²) in [6.07, 6.45) is 2.52. The van der Waals surface area contributed by atoms with Crippen molar-refractivity contribution in [3.8, 4) is 17.0 Å². The Morgan fingerprint density at radius 3 is 2.81 bits per heavy atom. The first-order chi connectivity index (χ1) is 7.76. The normalized spacial score (nSPS) is 10.4. The molecule has 0 bridgehead atoms. The zero-order valence-electron chi connectivity index (χ0n) is 9.45. The molecule has 84 valence electrons. The second-order valence-electron chi connectivity index (χ2n) is 3.54. The minimum Gasteiger partial charge on any atom is -0.496 e. The number of anilines is 1. The molecule has 0 radical (unpaired) electrons. The number of ether oxygens (including phenoxy) is 1. The highest BCUT2D eigenvalue weighted by Crippen LogP contribution is 2.28. The first-order valence-corrected chi connectivity index (χ1v) is 5.22. The van der Waals surface area contributed by atoms with E-state index < -0.39 is 0 Å². The highest BCUT2D eigenvalue weighted by atomic mass is 16.5. The lowest BCUT2D eigenvalue weighted by Crippen LogP contribution is -1.93. The number of rotatable bonds is 3. The smallest absolute Gasteiger partial charge is 0.149 e. The van der Waals surface area contributed by atoms with Crippen LogP contribution in [0.1, 0.15) is 12.5 Å². The largest absolute Gasteiger partial charge is 0.496 e. The predicted molar refractivity (Wildman–Crippen MR) is 64.4 cm³/mol. The third-order valence-corrected chi connectivity index (χ3v) is 2.62. The molecule has 0 fully saturated rings. The van der Waals surface area contributed by atoms with Crippen LogP contribution in [0.25, 0.3) is 11.3 Å². The second kappa shape index (κ2) is 4.26. The van der Waals surface area contributed by atoms with Crippen LogP contribution in [0, 0.1) is 0 Å². The summed E-state index contributed by atoms with van der Waals surface area (Å²) < 4.78 is 5.28. The zero-order chi connectivity index (χ0) is 11.5. The molecule has 4 nitrogen and oxygen atoms in total. The predicted octanol–water partition coefficient (Wildman–Crippen LogP) is 2.23. The Kier molecular flexibility index (Phi) is 2.81. The van der Waals surface area contributed by atoms with E-state index in [0.717, 1.165) is 29.0 Å². The van der Waals surface area contributed by atoms with E-state index in [1.807, 2.05) is 12.1 Å². The van der Waals surface area contributed by atoms with Crippen molar-refractivity contribution < 1.29 is 4.74 Å². The molecule has 0 aliphatic rings. The van der Waals surface area contributed by atoms with Crippen molar-refractivity contribution in [2.24, 2.45) is 0 Å². The molecule has 3 N–H and O–H groups in total. The Balaban J connectivity index is 2.48. The highest BCUT2D eigenvalue weighted by molar-refractivity contribution is 5.71. The van der Waals surface area contributed by atoms with E-state index >= 15 is 0 Å². The van der Waals surface area contributed by atoms with Gasteiger partial charge in [0.2, 0.25) is 0 Å². The fourth-order valence-corrected chi connectivity index (χ4v) is 1.75. The topological polar surface area (TPSA) is 63.9 Å². The fourth-order valence-electron chi connectivity index (χ4n) is 1.75. The van der Waals surface area contributed by atoms with Crippen LogP contribution in [0.4, 0.5) is 5.82 Å². The molecule has 0 aliphatic carbocycles. The molecule has 0 amide bonds. The molecule has 0 aliphatic heterocycles. The average Bonchev–Trinajstić information content (AvgIpc) is 2.74. The monoisotopic (exact) mass is 217 g/mol. The molecule has 2 aromatic rings. The highest BCUT2D eigenvalue weighted by Gasteiger charge is 2.08. The quantitative estimate of drug-likeness (QED) is 0.828. The maximum atomic E-state index is 5.76. The molecule has 0 spiro atoms. The molecular weight excluding hydrogens is 202 g/mol. The lowest BCUT2D eigenvalue weighted by Gasteiger charge is -2.08. The third kappa shape index (κ3) is 1.74. The van der Waals surface area contributed by atoms with Crippen molar-refractivity contribution in [2.75, 3.05) is 12.8 Å². The van der Waals surface area contributed by atoms with Gasteiger partial charge < -0.3 is 15.5 Å². The van der Waals surface area contributed by atoms with Crippen LogP contribution < -0.4 is 10.5 Å². The van der Waals surface area contributed by atoms with Crippen molar-refractivity contribution in [1.29, 1.82) is 0 Å². The molecule has 16 heavy (non-hydrogen) atoms. The molecule has 4 heteroatoms. The zero-order valence-corrected chi connectivity index (χ0v) is 9.45. The summed E-state index contributed by atoms with van der Waals surface area (Å²) in [6, 6.07) is 6.00. The number of nitrogens with one attached hydrogen (secondary N) is 1. The van der Waals surface area contributed by atoms with Gasteiger partial charge in [-0.1, -0.05) is 6.92 Å². The molecule has 0 atom stereocenters. The number of aryl methyl sites for hydroxylation is 1. The number of methoxy groups -OCH3 is 1. The van der Waals surface area contributed by atoms with Crippen molar-refractivity contribution in [1.82, 2.24) is 9.97 Å². The van der Waals surface area contributed by atoms with E-state index in [-0.39, 0.29) is 0 Å². The number of nitrogens with two attached hydrogens (primary N) is 1. The van der Waals surface area contributed by atoms with E-state index in [9.17, 15) is 0 Å². The molecule has 0 saturated carbocycles. The van der Waals surface area contributed by atoms with Gasteiger partial charge >= 0.3 is 0 Å². The summed E-state index contributed by atoms with van der Waals surface area (Å²) >= 11 is 0. The Bertz CT molecular complexity index is 491. The Morgan fingerprint density at radius 2 is 2.25 bits per heavy atom. The van der Waals surface area contributed by atoms with Crippen LogP contribution >= 0.6 is 0 Å². The minimum atomic E-state index is 0.521. The van der Waals surface area contributed by atoms with Crippen molar-refractivity contribution in [2.45, 2.75) is 13.3 Å². The maximum Gasteiger partial charge on any atom is 0.149 e. The van der Waals surface area contributed by atoms with Crippen LogP contribution in [0.2, 0.25) is 0 Å². The Morgan fingerprint density at radius 1 is 1.44 bits per heavy atom. The molecule has 2 rings (SSSR count). The second-order valence-corrected chi connectivity index (χ2v) is 3.54. The molecule has 0 unspecified atom stereocenters. The van der Waals surface area contributed by atoms with Crippen LogP contribution in [0.15, 0.2) is 24.5 Å². The minimum absolute atomic E-state index is 0.521. The molecule has 1 aromatic heterocycles. The molecule has 0 saturated heterocycles. The number of hydrogen-bond donors (Lipinski definition) is 2. The van der Waals surface area contributed by atoms with E-state index in [1.54, 1.807) is 13.4 Å². The van der Waals surface area contributed by atoms with Crippen molar-refractivity contribution >= 4 is 5.82 Å². The van der Waals surface area contributed by atoms with Gasteiger partial charge in [-0.25, -0.2) is 4.98 Å². The summed E-state index contributed by atoms with van der Waals surface area (Å²) in [5, 5.41) is 0. The third-order valence-electron chi connectivity index (χ3n) is 2.62. The summed E-state index contributed by atoms with van der Waals surface area (Å²) in [7, 11) is 1.68. The van der Waals surface area contributed by atoms with Gasteiger partial charge in [0.15, 0.2) is 0 Å². The summed E-state index contributed by atoms with van der Waals surface area (Å²) in [5.74, 6) is 1.43. The lowest BCUT2D eigenvalue weighted by atomic mass is 10.1. The lowest BCUT2D eigenvalue weighted by molar-refractivity contribution is 0.410. The van der Waals surface area contributed by atoms with Crippen LogP contribution in [-0.2, 0) is 6.42 Å². The average molecular weight is 217 g/mol. The molecular formula is C12H15N3O. The van der Waals surface area contributed by atoms with Gasteiger partial charge in [-0.2, -0.15) is 0 Å². The molecule has 1 aromatic carbocycles. The number of H-pyrrole nitrogens is 1. The number of nitrogens with zero attached hydrogens (tertiary/aromatic N) is 1. The van der Waals surface area contributed by atoms with Crippen LogP contribution in [-0.4, -0.2) is 17.1 Å². The SMILES string of the molecule is CCc1cc(-c2[nH]cnc2N)ccc1OC. The van der Waals surface area contributed by atoms with Gasteiger partial charge in [0, 0.05) is 5.56 Å². The van der Waals surface area contributed by atoms with Crippen LogP contribution in [0.5, 0.6) is 5.75 Å². The number of nitrogen functional groups attached to an aromatic ring is 1. The summed E-state index contributed by atoms with van der Waals surface area (Å²) in [6.45, 7) is 2.10. The van der Waals surface area contributed by atoms with E-state index in [1.165, 1.54) is 0 Å². The van der Waals surface area contributed by atoms with Gasteiger partial charge in [-0.15, -0.1) is 0 Å². The maximum absolute atomic E-state index is 5.76. The summed E-state index contributed by atoms with van der Waals surface area (Å²) in [5.41, 5.74) is 8.82.